The van der Waals surface area contributed by atoms with Crippen LogP contribution in [0.15, 0.2) is 53.7 Å². The van der Waals surface area contributed by atoms with Crippen molar-refractivity contribution in [3.05, 3.63) is 71.3 Å². The maximum Gasteiger partial charge on any atom is 0.252 e. The Balaban J connectivity index is 1.55. The minimum absolute atomic E-state index is 0.0155. The van der Waals surface area contributed by atoms with Crippen molar-refractivity contribution in [1.29, 1.82) is 0 Å². The third kappa shape index (κ3) is 4.27. The molecular formula is C21H21FN4O2S. The van der Waals surface area contributed by atoms with Gasteiger partial charge >= 0.3 is 0 Å². The van der Waals surface area contributed by atoms with Crippen LogP contribution in [0.3, 0.4) is 0 Å². The Morgan fingerprint density at radius 1 is 1.10 bits per heavy atom. The van der Waals surface area contributed by atoms with E-state index in [1.807, 2.05) is 12.1 Å². The van der Waals surface area contributed by atoms with Gasteiger partial charge < -0.3 is 4.74 Å². The zero-order valence-corrected chi connectivity index (χ0v) is 17.0. The molecule has 1 aromatic heterocycles. The molecule has 0 saturated carbocycles. The van der Waals surface area contributed by atoms with Crippen LogP contribution in [0, 0.1) is 5.82 Å². The van der Waals surface area contributed by atoms with Crippen LogP contribution >= 0.6 is 11.8 Å². The molecule has 2 heterocycles. The quantitative estimate of drug-likeness (QED) is 0.615. The van der Waals surface area contributed by atoms with Crippen LogP contribution in [-0.2, 0) is 17.9 Å². The molecule has 150 valence electrons. The van der Waals surface area contributed by atoms with E-state index in [4.69, 9.17) is 4.74 Å². The monoisotopic (exact) mass is 412 g/mol. The van der Waals surface area contributed by atoms with E-state index in [2.05, 4.69) is 36.2 Å². The van der Waals surface area contributed by atoms with E-state index in [1.54, 1.807) is 21.8 Å². The van der Waals surface area contributed by atoms with Crippen LogP contribution in [0.25, 0.3) is 0 Å². The Morgan fingerprint density at radius 3 is 2.52 bits per heavy atom. The summed E-state index contributed by atoms with van der Waals surface area (Å²) < 4.78 is 20.5. The number of carbonyl (C=O) groups excluding carboxylic acids is 1. The Hall–Kier alpha value is -2.87. The number of ether oxygens (including phenoxy) is 1. The first-order chi connectivity index (χ1) is 14.0. The van der Waals surface area contributed by atoms with Crippen molar-refractivity contribution < 1.29 is 13.9 Å². The van der Waals surface area contributed by atoms with Gasteiger partial charge in [-0.3, -0.25) is 4.79 Å². The molecule has 0 bridgehead atoms. The molecule has 4 rings (SSSR count). The Kier molecular flexibility index (Phi) is 5.53. The molecule has 1 amide bonds. The summed E-state index contributed by atoms with van der Waals surface area (Å²) >= 11 is 1.35. The maximum atomic E-state index is 13.1. The molecule has 1 aliphatic heterocycles. The smallest absolute Gasteiger partial charge is 0.252 e. The number of halogens is 1. The van der Waals surface area contributed by atoms with Crippen LogP contribution in [0.1, 0.15) is 36.7 Å². The Bertz CT molecular complexity index is 1000. The van der Waals surface area contributed by atoms with Gasteiger partial charge in [-0.15, -0.1) is 10.2 Å². The van der Waals surface area contributed by atoms with E-state index < -0.39 is 0 Å². The molecule has 0 spiro atoms. The number of thioether (sulfide) groups is 1. The lowest BCUT2D eigenvalue weighted by Crippen LogP contribution is -2.45. The minimum Gasteiger partial charge on any atom is -0.486 e. The summed E-state index contributed by atoms with van der Waals surface area (Å²) in [5.41, 5.74) is 2.28. The molecule has 1 aliphatic rings. The summed E-state index contributed by atoms with van der Waals surface area (Å²) in [4.78, 5) is 12.6. The summed E-state index contributed by atoms with van der Waals surface area (Å²) in [7, 11) is 0. The van der Waals surface area contributed by atoms with Crippen LogP contribution < -0.4 is 9.75 Å². The number of hydrogen-bond donors (Lipinski definition) is 0. The van der Waals surface area contributed by atoms with Crippen LogP contribution in [0.2, 0.25) is 0 Å². The van der Waals surface area contributed by atoms with Crippen molar-refractivity contribution >= 4 is 17.7 Å². The van der Waals surface area contributed by atoms with Gasteiger partial charge in [-0.25, -0.2) is 14.1 Å². The second kappa shape index (κ2) is 8.24. The number of nitrogens with zero attached hydrogens (tertiary/aromatic N) is 4. The highest BCUT2D eigenvalue weighted by Crippen LogP contribution is 2.25. The van der Waals surface area contributed by atoms with E-state index in [1.165, 1.54) is 29.5 Å². The number of fused-ring (bicyclic) bond motifs is 1. The number of aromatic nitrogens is 3. The van der Waals surface area contributed by atoms with Gasteiger partial charge in [-0.1, -0.05) is 49.9 Å². The first-order valence-corrected chi connectivity index (χ1v) is 10.3. The molecule has 8 heteroatoms. The third-order valence-electron chi connectivity index (χ3n) is 4.69. The number of hydrogen-bond acceptors (Lipinski definition) is 5. The first-order valence-electron chi connectivity index (χ1n) is 9.36. The molecular weight excluding hydrogens is 391 g/mol. The highest BCUT2D eigenvalue weighted by atomic mass is 32.2. The Labute approximate surface area is 172 Å². The van der Waals surface area contributed by atoms with Gasteiger partial charge in [0.15, 0.2) is 5.82 Å². The first kappa shape index (κ1) is 19.4. The highest BCUT2D eigenvalue weighted by Gasteiger charge is 2.29. The van der Waals surface area contributed by atoms with Gasteiger partial charge in [-0.2, -0.15) is 0 Å². The molecule has 3 aromatic rings. The number of rotatable bonds is 6. The molecule has 0 N–H and O–H groups in total. The van der Waals surface area contributed by atoms with Gasteiger partial charge in [0.2, 0.25) is 5.16 Å². The van der Waals surface area contributed by atoms with E-state index in [0.717, 1.165) is 5.56 Å². The summed E-state index contributed by atoms with van der Waals surface area (Å²) in [5.74, 6) is 1.48. The summed E-state index contributed by atoms with van der Waals surface area (Å²) in [6.45, 7) is 4.84. The predicted octanol–water partition coefficient (Wildman–Crippen LogP) is 3.89. The molecule has 0 unspecified atom stereocenters. The fraction of sp³-hybridized carbons (Fsp3) is 0.286. The zero-order chi connectivity index (χ0) is 20.4. The van der Waals surface area contributed by atoms with Crippen molar-refractivity contribution in [2.75, 3.05) is 10.8 Å². The maximum absolute atomic E-state index is 13.1. The van der Waals surface area contributed by atoms with Crippen molar-refractivity contribution in [3.8, 4) is 5.75 Å². The highest BCUT2D eigenvalue weighted by molar-refractivity contribution is 7.99. The average molecular weight is 412 g/mol. The molecule has 0 atom stereocenters. The number of amides is 1. The lowest BCUT2D eigenvalue weighted by Gasteiger charge is -2.29. The van der Waals surface area contributed by atoms with E-state index in [9.17, 15) is 9.18 Å². The van der Waals surface area contributed by atoms with Gasteiger partial charge in [-0.05, 0) is 41.3 Å². The topological polar surface area (TPSA) is 60.3 Å². The van der Waals surface area contributed by atoms with Gasteiger partial charge in [0.1, 0.15) is 18.2 Å². The van der Waals surface area contributed by atoms with E-state index in [0.29, 0.717) is 34.9 Å². The summed E-state index contributed by atoms with van der Waals surface area (Å²) in [5, 5.41) is 10.7. The Morgan fingerprint density at radius 2 is 1.83 bits per heavy atom. The van der Waals surface area contributed by atoms with Gasteiger partial charge in [0.05, 0.1) is 12.3 Å². The molecule has 0 saturated heterocycles. The fourth-order valence-electron chi connectivity index (χ4n) is 3.05. The normalized spacial score (nSPS) is 13.7. The van der Waals surface area contributed by atoms with Crippen molar-refractivity contribution in [2.45, 2.75) is 38.1 Å². The SMILES string of the molecule is CC(C)c1ccc(CN2C(=O)CSc3nnc(COc4ccc(F)cc4)n32)cc1. The predicted molar refractivity (Wildman–Crippen MR) is 109 cm³/mol. The summed E-state index contributed by atoms with van der Waals surface area (Å²) in [6.07, 6.45) is 0. The molecule has 0 aliphatic carbocycles. The second-order valence-corrected chi connectivity index (χ2v) is 8.03. The van der Waals surface area contributed by atoms with Crippen molar-refractivity contribution in [3.63, 3.8) is 0 Å². The summed E-state index contributed by atoms with van der Waals surface area (Å²) in [6, 6.07) is 14.0. The van der Waals surface area contributed by atoms with Gasteiger partial charge in [0.25, 0.3) is 5.91 Å². The van der Waals surface area contributed by atoms with E-state index in [-0.39, 0.29) is 18.3 Å². The van der Waals surface area contributed by atoms with E-state index >= 15 is 0 Å². The lowest BCUT2D eigenvalue weighted by molar-refractivity contribution is -0.118. The van der Waals surface area contributed by atoms with Crippen LogP contribution in [-0.4, -0.2) is 26.5 Å². The minimum atomic E-state index is -0.325. The number of benzene rings is 2. The second-order valence-electron chi connectivity index (χ2n) is 7.09. The third-order valence-corrected chi connectivity index (χ3v) is 5.60. The fourth-order valence-corrected chi connectivity index (χ4v) is 3.88. The zero-order valence-electron chi connectivity index (χ0n) is 16.2. The molecule has 0 fully saturated rings. The van der Waals surface area contributed by atoms with Crippen LogP contribution in [0.4, 0.5) is 4.39 Å². The largest absolute Gasteiger partial charge is 0.486 e. The van der Waals surface area contributed by atoms with Gasteiger partial charge in [0, 0.05) is 0 Å². The van der Waals surface area contributed by atoms with Crippen molar-refractivity contribution in [1.82, 2.24) is 14.9 Å². The molecule has 29 heavy (non-hydrogen) atoms. The average Bonchev–Trinajstić information content (AvgIpc) is 3.13. The molecule has 6 nitrogen and oxygen atoms in total. The molecule has 0 radical (unpaired) electrons. The van der Waals surface area contributed by atoms with Crippen LogP contribution in [0.5, 0.6) is 5.75 Å². The number of carbonyl (C=O) groups is 1. The molecule has 2 aromatic carbocycles. The standard InChI is InChI=1S/C21H21FN4O2S/c1-14(2)16-5-3-15(4-6-16)11-25-20(27)13-29-21-24-23-19(26(21)25)12-28-18-9-7-17(22)8-10-18/h3-10,14H,11-13H2,1-2H3. The lowest BCUT2D eigenvalue weighted by atomic mass is 10.0. The van der Waals surface area contributed by atoms with Crippen molar-refractivity contribution in [2.24, 2.45) is 0 Å².